The molecule has 3 N–H and O–H groups in total. The Bertz CT molecular complexity index is 333. The fourth-order valence-electron chi connectivity index (χ4n) is 1.29. The van der Waals surface area contributed by atoms with Crippen LogP contribution in [-0.2, 0) is 0 Å². The van der Waals surface area contributed by atoms with Crippen molar-refractivity contribution >= 4 is 23.6 Å². The fraction of sp³-hybridized carbons (Fsp3) is 0.571. The van der Waals surface area contributed by atoms with Gasteiger partial charge in [-0.2, -0.15) is 16.7 Å². The molecule has 1 aliphatic rings. The number of amides is 1. The molecule has 7 heteroatoms. The minimum atomic E-state index is -0.116. The summed E-state index contributed by atoms with van der Waals surface area (Å²) in [4.78, 5) is 17.3. The van der Waals surface area contributed by atoms with Gasteiger partial charge in [0.1, 0.15) is 0 Å². The molecule has 0 atom stereocenters. The smallest absolute Gasteiger partial charge is 0.291 e. The maximum atomic E-state index is 11.7. The van der Waals surface area contributed by atoms with Crippen molar-refractivity contribution in [1.82, 2.24) is 20.1 Å². The Balaban J connectivity index is 2.07. The second-order valence-corrected chi connectivity index (χ2v) is 4.17. The highest BCUT2D eigenvalue weighted by Crippen LogP contribution is 2.11. The minimum absolute atomic E-state index is 0.111. The molecule has 1 aromatic heterocycles. The number of anilines is 1. The van der Waals surface area contributed by atoms with E-state index in [1.165, 1.54) is 0 Å². The van der Waals surface area contributed by atoms with E-state index in [0.717, 1.165) is 24.6 Å². The summed E-state index contributed by atoms with van der Waals surface area (Å²) < 4.78 is 0. The number of rotatable bonds is 1. The van der Waals surface area contributed by atoms with Gasteiger partial charge in [-0.05, 0) is 0 Å². The molecule has 2 heterocycles. The van der Waals surface area contributed by atoms with Gasteiger partial charge in [0.15, 0.2) is 0 Å². The van der Waals surface area contributed by atoms with E-state index in [0.29, 0.717) is 0 Å². The summed E-state index contributed by atoms with van der Waals surface area (Å²) in [6.45, 7) is 1.54. The number of hydrogen-bond acceptors (Lipinski definition) is 5. The van der Waals surface area contributed by atoms with E-state index >= 15 is 0 Å². The number of nitrogen functional groups attached to an aromatic ring is 1. The van der Waals surface area contributed by atoms with Crippen LogP contribution in [0.25, 0.3) is 0 Å². The summed E-state index contributed by atoms with van der Waals surface area (Å²) in [5, 5.41) is 6.14. The Morgan fingerprint density at radius 1 is 1.50 bits per heavy atom. The Labute approximate surface area is 85.3 Å². The number of nitrogens with two attached hydrogens (primary N) is 1. The number of nitrogens with zero attached hydrogens (tertiary/aromatic N) is 3. The first-order valence-electron chi connectivity index (χ1n) is 4.32. The summed E-state index contributed by atoms with van der Waals surface area (Å²) in [5.41, 5.74) is 5.32. The molecule has 0 bridgehead atoms. The van der Waals surface area contributed by atoms with Crippen LogP contribution in [0.1, 0.15) is 10.6 Å². The summed E-state index contributed by atoms with van der Waals surface area (Å²) in [6, 6.07) is 0. The van der Waals surface area contributed by atoms with Crippen LogP contribution >= 0.6 is 11.8 Å². The summed E-state index contributed by atoms with van der Waals surface area (Å²) >= 11 is 1.85. The second kappa shape index (κ2) is 3.87. The monoisotopic (exact) mass is 213 g/mol. The lowest BCUT2D eigenvalue weighted by molar-refractivity contribution is 0.0760. The standard InChI is InChI=1S/C7H11N5OS/c8-7-9-5(10-11-7)6(13)12-1-3-14-4-2-12/h1-4H2,(H3,8,9,10,11). The predicted octanol–water partition coefficient (Wildman–Crippen LogP) is -0.424. The van der Waals surface area contributed by atoms with Crippen molar-refractivity contribution in [3.8, 4) is 0 Å². The molecule has 76 valence electrons. The lowest BCUT2D eigenvalue weighted by atomic mass is 10.4. The number of aromatic nitrogens is 3. The van der Waals surface area contributed by atoms with Gasteiger partial charge < -0.3 is 10.6 Å². The molecule has 0 unspecified atom stereocenters. The van der Waals surface area contributed by atoms with Crippen LogP contribution in [0.4, 0.5) is 5.95 Å². The molecule has 0 saturated carbocycles. The molecule has 6 nitrogen and oxygen atoms in total. The molecule has 0 aliphatic carbocycles. The molecule has 1 aliphatic heterocycles. The number of thioether (sulfide) groups is 1. The first kappa shape index (κ1) is 9.32. The zero-order valence-corrected chi connectivity index (χ0v) is 8.38. The Morgan fingerprint density at radius 3 is 2.79 bits per heavy atom. The molecule has 1 fully saturated rings. The zero-order chi connectivity index (χ0) is 9.97. The normalized spacial score (nSPS) is 17.0. The van der Waals surface area contributed by atoms with Gasteiger partial charge in [-0.1, -0.05) is 0 Å². The van der Waals surface area contributed by atoms with Crippen LogP contribution < -0.4 is 5.73 Å². The van der Waals surface area contributed by atoms with Crippen molar-refractivity contribution in [2.24, 2.45) is 0 Å². The van der Waals surface area contributed by atoms with Gasteiger partial charge in [0.25, 0.3) is 5.91 Å². The number of hydrogen-bond donors (Lipinski definition) is 2. The molecule has 0 spiro atoms. The number of H-pyrrole nitrogens is 1. The molecule has 1 amide bonds. The molecule has 1 aromatic rings. The van der Waals surface area contributed by atoms with Crippen LogP contribution in [-0.4, -0.2) is 50.6 Å². The van der Waals surface area contributed by atoms with E-state index in [-0.39, 0.29) is 17.7 Å². The number of aromatic amines is 1. The van der Waals surface area contributed by atoms with Crippen molar-refractivity contribution in [3.05, 3.63) is 5.82 Å². The molecular formula is C7H11N5OS. The lowest BCUT2D eigenvalue weighted by Crippen LogP contribution is -2.38. The van der Waals surface area contributed by atoms with Crippen molar-refractivity contribution in [2.45, 2.75) is 0 Å². The topological polar surface area (TPSA) is 87.9 Å². The summed E-state index contributed by atoms with van der Waals surface area (Å²) in [5.74, 6) is 2.19. The Hall–Kier alpha value is -1.24. The van der Waals surface area contributed by atoms with Crippen molar-refractivity contribution in [1.29, 1.82) is 0 Å². The average molecular weight is 213 g/mol. The average Bonchev–Trinajstić information content (AvgIpc) is 2.65. The van der Waals surface area contributed by atoms with Gasteiger partial charge in [-0.25, -0.2) is 0 Å². The van der Waals surface area contributed by atoms with Crippen molar-refractivity contribution in [3.63, 3.8) is 0 Å². The fourth-order valence-corrected chi connectivity index (χ4v) is 2.19. The molecular weight excluding hydrogens is 202 g/mol. The third-order valence-corrected chi connectivity index (χ3v) is 2.95. The highest BCUT2D eigenvalue weighted by molar-refractivity contribution is 7.99. The third-order valence-electron chi connectivity index (χ3n) is 2.00. The first-order chi connectivity index (χ1) is 6.77. The Kier molecular flexibility index (Phi) is 2.58. The SMILES string of the molecule is Nc1n[nH]c(C(=O)N2CCSCC2)n1. The van der Waals surface area contributed by atoms with E-state index in [1.807, 2.05) is 11.8 Å². The summed E-state index contributed by atoms with van der Waals surface area (Å²) in [7, 11) is 0. The molecule has 1 saturated heterocycles. The van der Waals surface area contributed by atoms with Gasteiger partial charge in [-0.3, -0.25) is 9.89 Å². The predicted molar refractivity (Wildman–Crippen MR) is 54.0 cm³/mol. The molecule has 14 heavy (non-hydrogen) atoms. The van der Waals surface area contributed by atoms with Gasteiger partial charge in [0, 0.05) is 24.6 Å². The highest BCUT2D eigenvalue weighted by Gasteiger charge is 2.20. The summed E-state index contributed by atoms with van der Waals surface area (Å²) in [6.07, 6.45) is 0. The second-order valence-electron chi connectivity index (χ2n) is 2.95. The van der Waals surface area contributed by atoms with Crippen LogP contribution in [0, 0.1) is 0 Å². The number of carbonyl (C=O) groups excluding carboxylic acids is 1. The largest absolute Gasteiger partial charge is 0.366 e. The molecule has 2 rings (SSSR count). The van der Waals surface area contributed by atoms with Crippen LogP contribution in [0.5, 0.6) is 0 Å². The van der Waals surface area contributed by atoms with Crippen LogP contribution in [0.2, 0.25) is 0 Å². The van der Waals surface area contributed by atoms with Gasteiger partial charge >= 0.3 is 0 Å². The van der Waals surface area contributed by atoms with Gasteiger partial charge in [0.2, 0.25) is 11.8 Å². The van der Waals surface area contributed by atoms with Crippen molar-refractivity contribution in [2.75, 3.05) is 30.3 Å². The van der Waals surface area contributed by atoms with Crippen molar-refractivity contribution < 1.29 is 4.79 Å². The third kappa shape index (κ3) is 1.82. The molecule has 0 aromatic carbocycles. The minimum Gasteiger partial charge on any atom is -0.366 e. The van der Waals surface area contributed by atoms with Crippen LogP contribution in [0.3, 0.4) is 0 Å². The Morgan fingerprint density at radius 2 is 2.21 bits per heavy atom. The maximum absolute atomic E-state index is 11.7. The number of carbonyl (C=O) groups is 1. The van der Waals surface area contributed by atoms with E-state index in [9.17, 15) is 4.79 Å². The lowest BCUT2D eigenvalue weighted by Gasteiger charge is -2.25. The van der Waals surface area contributed by atoms with Crippen LogP contribution in [0.15, 0.2) is 0 Å². The quantitative estimate of drug-likeness (QED) is 0.661. The first-order valence-corrected chi connectivity index (χ1v) is 5.48. The molecule has 0 radical (unpaired) electrons. The van der Waals surface area contributed by atoms with Gasteiger partial charge in [0.05, 0.1) is 0 Å². The van der Waals surface area contributed by atoms with E-state index in [2.05, 4.69) is 15.2 Å². The number of nitrogens with one attached hydrogen (secondary N) is 1. The zero-order valence-electron chi connectivity index (χ0n) is 7.56. The van der Waals surface area contributed by atoms with E-state index in [1.54, 1.807) is 4.90 Å². The van der Waals surface area contributed by atoms with Gasteiger partial charge in [-0.15, -0.1) is 5.10 Å². The van der Waals surface area contributed by atoms with E-state index < -0.39 is 0 Å². The highest BCUT2D eigenvalue weighted by atomic mass is 32.2. The van der Waals surface area contributed by atoms with E-state index in [4.69, 9.17) is 5.73 Å². The maximum Gasteiger partial charge on any atom is 0.291 e.